The molecule has 2 heterocycles. The normalized spacial score (nSPS) is 16.2. The summed E-state index contributed by atoms with van der Waals surface area (Å²) in [6.45, 7) is 1.69. The van der Waals surface area contributed by atoms with Crippen LogP contribution in [0.15, 0.2) is 42.6 Å². The summed E-state index contributed by atoms with van der Waals surface area (Å²) in [4.78, 5) is 27.6. The number of rotatable bonds is 3. The van der Waals surface area contributed by atoms with Crippen molar-refractivity contribution in [1.29, 1.82) is 0 Å². The topological polar surface area (TPSA) is 80.3 Å². The van der Waals surface area contributed by atoms with Gasteiger partial charge in [-0.2, -0.15) is 0 Å². The Bertz CT molecular complexity index is 716. The number of carbonyl (C=O) groups excluding carboxylic acids is 2. The summed E-state index contributed by atoms with van der Waals surface area (Å²) in [5.41, 5.74) is 1.37. The highest BCUT2D eigenvalue weighted by atomic mass is 16.5. The van der Waals surface area contributed by atoms with Gasteiger partial charge in [-0.05, 0) is 36.8 Å². The number of aromatic nitrogens is 1. The number of nitrogens with one attached hydrogen (secondary N) is 2. The molecule has 1 aliphatic heterocycles. The van der Waals surface area contributed by atoms with Crippen LogP contribution in [0.25, 0.3) is 0 Å². The van der Waals surface area contributed by atoms with Gasteiger partial charge in [0, 0.05) is 6.20 Å². The Balaban J connectivity index is 1.70. The molecule has 0 saturated carbocycles. The summed E-state index contributed by atoms with van der Waals surface area (Å²) in [5.74, 6) is 0.759. The van der Waals surface area contributed by atoms with Gasteiger partial charge in [0.05, 0.1) is 12.1 Å². The van der Waals surface area contributed by atoms with Gasteiger partial charge < -0.3 is 15.4 Å². The van der Waals surface area contributed by atoms with Gasteiger partial charge in [-0.15, -0.1) is 0 Å². The molecular weight excluding hydrogens is 282 g/mol. The second-order valence-corrected chi connectivity index (χ2v) is 5.02. The molecule has 112 valence electrons. The Labute approximate surface area is 127 Å². The zero-order chi connectivity index (χ0) is 15.5. The van der Waals surface area contributed by atoms with Gasteiger partial charge in [0.2, 0.25) is 5.91 Å². The van der Waals surface area contributed by atoms with E-state index in [9.17, 15) is 9.59 Å². The van der Waals surface area contributed by atoms with Crippen molar-refractivity contribution in [2.75, 3.05) is 10.6 Å². The molecule has 1 aliphatic rings. The largest absolute Gasteiger partial charge is 0.479 e. The minimum Gasteiger partial charge on any atom is -0.479 e. The third-order valence-corrected chi connectivity index (χ3v) is 3.27. The van der Waals surface area contributed by atoms with E-state index in [1.807, 2.05) is 0 Å². The molecular formula is C16H15N3O3. The highest BCUT2D eigenvalue weighted by molar-refractivity contribution is 5.98. The van der Waals surface area contributed by atoms with Crippen LogP contribution in [-0.4, -0.2) is 22.9 Å². The number of fused-ring (bicyclic) bond motifs is 1. The lowest BCUT2D eigenvalue weighted by Crippen LogP contribution is -2.34. The van der Waals surface area contributed by atoms with Gasteiger partial charge in [-0.3, -0.25) is 9.59 Å². The van der Waals surface area contributed by atoms with Crippen molar-refractivity contribution in [2.45, 2.75) is 19.4 Å². The summed E-state index contributed by atoms with van der Waals surface area (Å²) in [7, 11) is 0. The Kier molecular flexibility index (Phi) is 3.74. The second-order valence-electron chi connectivity index (χ2n) is 5.02. The standard InChI is InChI=1S/C16H15N3O3/c1-10-16(21)18-12-8-11(5-6-13(12)22-10)9-15(20)19-14-4-2-3-7-17-14/h2-8,10H,9H2,1H3,(H,18,21)(H,17,19,20). The van der Waals surface area contributed by atoms with Gasteiger partial charge in [-0.25, -0.2) is 4.98 Å². The van der Waals surface area contributed by atoms with Gasteiger partial charge in [0.15, 0.2) is 6.10 Å². The minimum absolute atomic E-state index is 0.171. The van der Waals surface area contributed by atoms with E-state index in [4.69, 9.17) is 4.74 Å². The van der Waals surface area contributed by atoms with Crippen molar-refractivity contribution in [3.05, 3.63) is 48.2 Å². The molecule has 2 aromatic rings. The molecule has 0 bridgehead atoms. The first kappa shape index (κ1) is 14.1. The Morgan fingerprint density at radius 1 is 1.36 bits per heavy atom. The molecule has 0 fully saturated rings. The smallest absolute Gasteiger partial charge is 0.265 e. The maximum absolute atomic E-state index is 12.0. The quantitative estimate of drug-likeness (QED) is 0.908. The number of amides is 2. The molecule has 1 aromatic heterocycles. The van der Waals surface area contributed by atoms with E-state index < -0.39 is 6.10 Å². The van der Waals surface area contributed by atoms with Gasteiger partial charge in [0.25, 0.3) is 5.91 Å². The minimum atomic E-state index is -0.509. The van der Waals surface area contributed by atoms with Crippen LogP contribution in [0.3, 0.4) is 0 Å². The molecule has 1 atom stereocenters. The third kappa shape index (κ3) is 3.06. The molecule has 6 heteroatoms. The van der Waals surface area contributed by atoms with Crippen LogP contribution >= 0.6 is 0 Å². The van der Waals surface area contributed by atoms with Crippen LogP contribution in [0.2, 0.25) is 0 Å². The van der Waals surface area contributed by atoms with E-state index in [2.05, 4.69) is 15.6 Å². The fraction of sp³-hybridized carbons (Fsp3) is 0.188. The number of pyridine rings is 1. The third-order valence-electron chi connectivity index (χ3n) is 3.27. The Hall–Kier alpha value is -2.89. The lowest BCUT2D eigenvalue weighted by Gasteiger charge is -2.23. The second kappa shape index (κ2) is 5.85. The predicted octanol–water partition coefficient (Wildman–Crippen LogP) is 1.98. The number of ether oxygens (including phenoxy) is 1. The van der Waals surface area contributed by atoms with Crippen molar-refractivity contribution in [3.8, 4) is 5.75 Å². The highest BCUT2D eigenvalue weighted by Gasteiger charge is 2.23. The van der Waals surface area contributed by atoms with Gasteiger partial charge in [-0.1, -0.05) is 12.1 Å². The number of carbonyl (C=O) groups is 2. The van der Waals surface area contributed by atoms with E-state index in [1.165, 1.54) is 0 Å². The maximum atomic E-state index is 12.0. The van der Waals surface area contributed by atoms with E-state index in [0.29, 0.717) is 17.3 Å². The van der Waals surface area contributed by atoms with Crippen molar-refractivity contribution >= 4 is 23.3 Å². The van der Waals surface area contributed by atoms with Crippen LogP contribution in [0.4, 0.5) is 11.5 Å². The summed E-state index contributed by atoms with van der Waals surface area (Å²) in [6.07, 6.45) is 1.29. The molecule has 22 heavy (non-hydrogen) atoms. The molecule has 0 aliphatic carbocycles. The lowest BCUT2D eigenvalue weighted by molar-refractivity contribution is -0.122. The average Bonchev–Trinajstić information content (AvgIpc) is 2.49. The Morgan fingerprint density at radius 2 is 2.23 bits per heavy atom. The lowest BCUT2D eigenvalue weighted by atomic mass is 10.1. The first-order chi connectivity index (χ1) is 10.6. The molecule has 3 rings (SSSR count). The fourth-order valence-electron chi connectivity index (χ4n) is 2.18. The monoisotopic (exact) mass is 297 g/mol. The number of hydrogen-bond donors (Lipinski definition) is 2. The van der Waals surface area contributed by atoms with E-state index in [-0.39, 0.29) is 18.2 Å². The average molecular weight is 297 g/mol. The van der Waals surface area contributed by atoms with E-state index in [1.54, 1.807) is 49.5 Å². The van der Waals surface area contributed by atoms with Crippen LogP contribution in [-0.2, 0) is 16.0 Å². The van der Waals surface area contributed by atoms with Gasteiger partial charge >= 0.3 is 0 Å². The fourth-order valence-corrected chi connectivity index (χ4v) is 2.18. The van der Waals surface area contributed by atoms with Crippen molar-refractivity contribution < 1.29 is 14.3 Å². The molecule has 6 nitrogen and oxygen atoms in total. The molecule has 0 radical (unpaired) electrons. The van der Waals surface area contributed by atoms with E-state index >= 15 is 0 Å². The zero-order valence-corrected chi connectivity index (χ0v) is 12.0. The zero-order valence-electron chi connectivity index (χ0n) is 12.0. The van der Waals surface area contributed by atoms with E-state index in [0.717, 1.165) is 5.56 Å². The molecule has 1 unspecified atom stereocenters. The molecule has 0 spiro atoms. The van der Waals surface area contributed by atoms with Crippen molar-refractivity contribution in [1.82, 2.24) is 4.98 Å². The molecule has 0 saturated heterocycles. The number of benzene rings is 1. The summed E-state index contributed by atoms with van der Waals surface area (Å²) in [5, 5.41) is 5.48. The van der Waals surface area contributed by atoms with Crippen LogP contribution in [0.5, 0.6) is 5.75 Å². The summed E-state index contributed by atoms with van der Waals surface area (Å²) < 4.78 is 5.48. The number of anilines is 2. The maximum Gasteiger partial charge on any atom is 0.265 e. The SMILES string of the molecule is CC1Oc2ccc(CC(=O)Nc3ccccn3)cc2NC1=O. The van der Waals surface area contributed by atoms with Crippen LogP contribution < -0.4 is 15.4 Å². The number of nitrogens with zero attached hydrogens (tertiary/aromatic N) is 1. The highest BCUT2D eigenvalue weighted by Crippen LogP contribution is 2.30. The first-order valence-electron chi connectivity index (χ1n) is 6.93. The van der Waals surface area contributed by atoms with Crippen molar-refractivity contribution in [3.63, 3.8) is 0 Å². The number of hydrogen-bond acceptors (Lipinski definition) is 4. The molecule has 2 amide bonds. The van der Waals surface area contributed by atoms with Crippen LogP contribution in [0.1, 0.15) is 12.5 Å². The Morgan fingerprint density at radius 3 is 3.00 bits per heavy atom. The summed E-state index contributed by atoms with van der Waals surface area (Å²) in [6, 6.07) is 10.6. The first-order valence-corrected chi connectivity index (χ1v) is 6.93. The van der Waals surface area contributed by atoms with Crippen molar-refractivity contribution in [2.24, 2.45) is 0 Å². The molecule has 2 N–H and O–H groups in total. The summed E-state index contributed by atoms with van der Waals surface area (Å²) >= 11 is 0. The predicted molar refractivity (Wildman–Crippen MR) is 81.7 cm³/mol. The molecule has 1 aromatic carbocycles. The van der Waals surface area contributed by atoms with Gasteiger partial charge in [0.1, 0.15) is 11.6 Å². The van der Waals surface area contributed by atoms with Crippen LogP contribution in [0, 0.1) is 0 Å².